The van der Waals surface area contributed by atoms with E-state index in [1.807, 2.05) is 6.92 Å². The third-order valence-corrected chi connectivity index (χ3v) is 3.96. The summed E-state index contributed by atoms with van der Waals surface area (Å²) in [6, 6.07) is 0.635. The number of hydrogen-bond acceptors (Lipinski definition) is 3. The number of carbonyl (C=O) groups excluding carboxylic acids is 1. The monoisotopic (exact) mass is 260 g/mol. The van der Waals surface area contributed by atoms with Crippen LogP contribution in [0.1, 0.15) is 39.0 Å². The van der Waals surface area contributed by atoms with Gasteiger partial charge in [0.15, 0.2) is 0 Å². The van der Waals surface area contributed by atoms with E-state index in [4.69, 9.17) is 0 Å². The van der Waals surface area contributed by atoms with Crippen LogP contribution in [-0.2, 0) is 15.6 Å². The summed E-state index contributed by atoms with van der Waals surface area (Å²) in [6.07, 6.45) is 7.40. The fraction of sp³-hybridized carbons (Fsp3) is 0.917. The molecular formula is C12H24N2O2S. The van der Waals surface area contributed by atoms with Crippen LogP contribution in [0.3, 0.4) is 0 Å². The maximum Gasteiger partial charge on any atom is 0.234 e. The van der Waals surface area contributed by atoms with Crippen LogP contribution in [0, 0.1) is 0 Å². The average Bonchev–Trinajstić information content (AvgIpc) is 2.76. The summed E-state index contributed by atoms with van der Waals surface area (Å²) in [5.74, 6) is 0.698. The molecule has 2 N–H and O–H groups in total. The Morgan fingerprint density at radius 3 is 2.65 bits per heavy atom. The fourth-order valence-electron chi connectivity index (χ4n) is 2.11. The van der Waals surface area contributed by atoms with Gasteiger partial charge in [0, 0.05) is 34.9 Å². The maximum absolute atomic E-state index is 11.6. The number of carbonyl (C=O) groups is 1. The molecule has 1 rings (SSSR count). The zero-order chi connectivity index (χ0) is 12.7. The number of nitrogens with one attached hydrogen (secondary N) is 2. The molecule has 0 saturated heterocycles. The third-order valence-electron chi connectivity index (χ3n) is 3.15. The van der Waals surface area contributed by atoms with Gasteiger partial charge < -0.3 is 10.6 Å². The lowest BCUT2D eigenvalue weighted by Crippen LogP contribution is -2.42. The van der Waals surface area contributed by atoms with Crippen LogP contribution in [0.15, 0.2) is 0 Å². The standard InChI is InChI=1S/C12H24N2O2S/c1-10(7-8-17(2)16)14-12(15)9-13-11-5-3-4-6-11/h10-11,13H,3-9H2,1-2H3,(H,14,15). The first kappa shape index (κ1) is 14.6. The van der Waals surface area contributed by atoms with Gasteiger partial charge in [0.1, 0.15) is 0 Å². The molecule has 0 aromatic carbocycles. The van der Waals surface area contributed by atoms with E-state index >= 15 is 0 Å². The highest BCUT2D eigenvalue weighted by Gasteiger charge is 2.15. The highest BCUT2D eigenvalue weighted by molar-refractivity contribution is 7.84. The van der Waals surface area contributed by atoms with Gasteiger partial charge >= 0.3 is 0 Å². The van der Waals surface area contributed by atoms with Crippen molar-refractivity contribution in [2.45, 2.75) is 51.1 Å². The van der Waals surface area contributed by atoms with Crippen molar-refractivity contribution in [2.24, 2.45) is 0 Å². The highest BCUT2D eigenvalue weighted by Crippen LogP contribution is 2.17. The minimum absolute atomic E-state index is 0.0475. The highest BCUT2D eigenvalue weighted by atomic mass is 32.2. The number of hydrogen-bond donors (Lipinski definition) is 2. The van der Waals surface area contributed by atoms with Crippen LogP contribution in [0.2, 0.25) is 0 Å². The van der Waals surface area contributed by atoms with E-state index in [0.717, 1.165) is 6.42 Å². The lowest BCUT2D eigenvalue weighted by molar-refractivity contribution is -0.120. The number of amides is 1. The summed E-state index contributed by atoms with van der Waals surface area (Å²) in [7, 11) is -0.774. The Bertz CT molecular complexity index is 265. The van der Waals surface area contributed by atoms with E-state index in [9.17, 15) is 9.00 Å². The smallest absolute Gasteiger partial charge is 0.234 e. The van der Waals surface area contributed by atoms with Crippen molar-refractivity contribution in [1.82, 2.24) is 10.6 Å². The molecule has 1 aliphatic carbocycles. The zero-order valence-electron chi connectivity index (χ0n) is 10.8. The molecule has 1 amide bonds. The van der Waals surface area contributed by atoms with Crippen LogP contribution in [0.5, 0.6) is 0 Å². The summed E-state index contributed by atoms with van der Waals surface area (Å²) < 4.78 is 10.9. The van der Waals surface area contributed by atoms with Crippen LogP contribution < -0.4 is 10.6 Å². The van der Waals surface area contributed by atoms with Gasteiger partial charge in [0.05, 0.1) is 6.54 Å². The zero-order valence-corrected chi connectivity index (χ0v) is 11.6. The quantitative estimate of drug-likeness (QED) is 0.711. The summed E-state index contributed by atoms with van der Waals surface area (Å²) in [5, 5.41) is 6.20. The Morgan fingerprint density at radius 1 is 1.41 bits per heavy atom. The Balaban J connectivity index is 2.08. The minimum atomic E-state index is -0.774. The molecule has 100 valence electrons. The summed E-state index contributed by atoms with van der Waals surface area (Å²) in [4.78, 5) is 11.6. The number of rotatable bonds is 7. The summed E-state index contributed by atoms with van der Waals surface area (Å²) in [5.41, 5.74) is 0. The first-order valence-electron chi connectivity index (χ1n) is 6.40. The van der Waals surface area contributed by atoms with Crippen molar-refractivity contribution in [3.8, 4) is 0 Å². The summed E-state index contributed by atoms with van der Waals surface area (Å²) >= 11 is 0. The molecule has 0 aliphatic heterocycles. The van der Waals surface area contributed by atoms with Gasteiger partial charge in [-0.15, -0.1) is 0 Å². The second-order valence-corrected chi connectivity index (χ2v) is 6.45. The average molecular weight is 260 g/mol. The molecular weight excluding hydrogens is 236 g/mol. The van der Waals surface area contributed by atoms with Gasteiger partial charge in [-0.25, -0.2) is 0 Å². The molecule has 0 bridgehead atoms. The van der Waals surface area contributed by atoms with E-state index in [-0.39, 0.29) is 11.9 Å². The van der Waals surface area contributed by atoms with Gasteiger partial charge in [-0.05, 0) is 26.2 Å². The molecule has 1 aliphatic rings. The van der Waals surface area contributed by atoms with Gasteiger partial charge in [0.25, 0.3) is 0 Å². The fourth-order valence-corrected chi connectivity index (χ4v) is 2.79. The molecule has 0 spiro atoms. The molecule has 0 radical (unpaired) electrons. The molecule has 2 atom stereocenters. The maximum atomic E-state index is 11.6. The molecule has 1 saturated carbocycles. The third kappa shape index (κ3) is 6.78. The van der Waals surface area contributed by atoms with Crippen molar-refractivity contribution in [2.75, 3.05) is 18.6 Å². The summed E-state index contributed by atoms with van der Waals surface area (Å²) in [6.45, 7) is 2.37. The van der Waals surface area contributed by atoms with Crippen molar-refractivity contribution in [1.29, 1.82) is 0 Å². The van der Waals surface area contributed by atoms with E-state index in [0.29, 0.717) is 18.3 Å². The van der Waals surface area contributed by atoms with Crippen molar-refractivity contribution in [3.05, 3.63) is 0 Å². The molecule has 0 aromatic heterocycles. The molecule has 5 heteroatoms. The first-order chi connectivity index (χ1) is 8.08. The Hall–Kier alpha value is -0.420. The van der Waals surface area contributed by atoms with Crippen LogP contribution >= 0.6 is 0 Å². The van der Waals surface area contributed by atoms with Crippen molar-refractivity contribution < 1.29 is 9.00 Å². The van der Waals surface area contributed by atoms with Crippen LogP contribution in [-0.4, -0.2) is 40.8 Å². The van der Waals surface area contributed by atoms with E-state index in [2.05, 4.69) is 10.6 Å². The topological polar surface area (TPSA) is 58.2 Å². The van der Waals surface area contributed by atoms with Crippen LogP contribution in [0.4, 0.5) is 0 Å². The lowest BCUT2D eigenvalue weighted by Gasteiger charge is -2.15. The first-order valence-corrected chi connectivity index (χ1v) is 8.13. The molecule has 17 heavy (non-hydrogen) atoms. The Kier molecular flexibility index (Phi) is 6.73. The van der Waals surface area contributed by atoms with E-state index in [1.165, 1.54) is 25.7 Å². The Labute approximate surface area is 106 Å². The van der Waals surface area contributed by atoms with E-state index in [1.54, 1.807) is 6.26 Å². The van der Waals surface area contributed by atoms with E-state index < -0.39 is 10.8 Å². The van der Waals surface area contributed by atoms with Crippen molar-refractivity contribution in [3.63, 3.8) is 0 Å². The van der Waals surface area contributed by atoms with Gasteiger partial charge in [-0.1, -0.05) is 12.8 Å². The van der Waals surface area contributed by atoms with Gasteiger partial charge in [-0.2, -0.15) is 0 Å². The normalized spacial score (nSPS) is 20.1. The minimum Gasteiger partial charge on any atom is -0.353 e. The van der Waals surface area contributed by atoms with Gasteiger partial charge in [-0.3, -0.25) is 9.00 Å². The lowest BCUT2D eigenvalue weighted by atomic mass is 10.2. The molecule has 0 heterocycles. The SMILES string of the molecule is CC(CCS(C)=O)NC(=O)CNC1CCCC1. The Morgan fingerprint density at radius 2 is 2.06 bits per heavy atom. The second kappa shape index (κ2) is 7.82. The van der Waals surface area contributed by atoms with Crippen LogP contribution in [0.25, 0.3) is 0 Å². The molecule has 1 fully saturated rings. The molecule has 0 aromatic rings. The largest absolute Gasteiger partial charge is 0.353 e. The predicted octanol–water partition coefficient (Wildman–Crippen LogP) is 0.792. The van der Waals surface area contributed by atoms with Gasteiger partial charge in [0.2, 0.25) is 5.91 Å². The second-order valence-electron chi connectivity index (χ2n) is 4.90. The molecule has 2 unspecified atom stereocenters. The van der Waals surface area contributed by atoms with Crippen molar-refractivity contribution >= 4 is 16.7 Å². The predicted molar refractivity (Wildman–Crippen MR) is 71.4 cm³/mol. The molecule has 4 nitrogen and oxygen atoms in total.